The van der Waals surface area contributed by atoms with Gasteiger partial charge in [-0.25, -0.2) is 14.6 Å². The van der Waals surface area contributed by atoms with Gasteiger partial charge in [0, 0.05) is 27.7 Å². The lowest BCUT2D eigenvalue weighted by atomic mass is 10.1. The fraction of sp³-hybridized carbons (Fsp3) is 0.269. The fourth-order valence-electron chi connectivity index (χ4n) is 3.68. The molecule has 9 heteroatoms. The number of carbonyl (C=O) groups is 1. The Balaban J connectivity index is 1.54. The molecule has 180 valence electrons. The van der Waals surface area contributed by atoms with Gasteiger partial charge in [0.15, 0.2) is 10.9 Å². The van der Waals surface area contributed by atoms with Crippen molar-refractivity contribution in [3.8, 4) is 5.69 Å². The lowest BCUT2D eigenvalue weighted by Crippen LogP contribution is -2.33. The number of hydrogen-bond donors (Lipinski definition) is 1. The SMILES string of the molecule is Cc1cc(C)nc(SCc2c(C(=O)NC(C)CCc3ccccc3)nnn2-c2ccc(Br)cc2)n1. The van der Waals surface area contributed by atoms with Crippen molar-refractivity contribution in [3.63, 3.8) is 0 Å². The molecular formula is C26H27BrN6OS. The van der Waals surface area contributed by atoms with Gasteiger partial charge in [0.25, 0.3) is 5.91 Å². The molecule has 0 aliphatic carbocycles. The first kappa shape index (κ1) is 25.1. The third kappa shape index (κ3) is 6.76. The molecule has 7 nitrogen and oxygen atoms in total. The van der Waals surface area contributed by atoms with Crippen LogP contribution in [0.1, 0.15) is 46.5 Å². The summed E-state index contributed by atoms with van der Waals surface area (Å²) in [6, 6.07) is 19.9. The summed E-state index contributed by atoms with van der Waals surface area (Å²) in [6.45, 7) is 5.90. The molecule has 1 N–H and O–H groups in total. The topological polar surface area (TPSA) is 85.6 Å². The second-order valence-corrected chi connectivity index (χ2v) is 10.3. The van der Waals surface area contributed by atoms with Crippen molar-refractivity contribution >= 4 is 33.6 Å². The van der Waals surface area contributed by atoms with Crippen LogP contribution in [0.5, 0.6) is 0 Å². The number of rotatable bonds is 9. The highest BCUT2D eigenvalue weighted by Gasteiger charge is 2.22. The van der Waals surface area contributed by atoms with Crippen molar-refractivity contribution in [1.29, 1.82) is 0 Å². The van der Waals surface area contributed by atoms with E-state index in [4.69, 9.17) is 0 Å². The molecule has 2 aromatic carbocycles. The fourth-order valence-corrected chi connectivity index (χ4v) is 4.89. The Hall–Kier alpha value is -3.04. The lowest BCUT2D eigenvalue weighted by molar-refractivity contribution is 0.0932. The van der Waals surface area contributed by atoms with Gasteiger partial charge >= 0.3 is 0 Å². The van der Waals surface area contributed by atoms with Crippen molar-refractivity contribution in [2.75, 3.05) is 0 Å². The number of nitrogens with zero attached hydrogens (tertiary/aromatic N) is 5. The van der Waals surface area contributed by atoms with E-state index in [9.17, 15) is 4.79 Å². The van der Waals surface area contributed by atoms with Crippen molar-refractivity contribution in [1.82, 2.24) is 30.3 Å². The summed E-state index contributed by atoms with van der Waals surface area (Å²) in [5, 5.41) is 12.3. The largest absolute Gasteiger partial charge is 0.348 e. The average Bonchev–Trinajstić information content (AvgIpc) is 3.26. The van der Waals surface area contributed by atoms with E-state index in [0.717, 1.165) is 34.4 Å². The second-order valence-electron chi connectivity index (χ2n) is 8.39. The van der Waals surface area contributed by atoms with E-state index in [0.29, 0.717) is 22.3 Å². The Morgan fingerprint density at radius 1 is 1.06 bits per heavy atom. The summed E-state index contributed by atoms with van der Waals surface area (Å²) < 4.78 is 2.68. The van der Waals surface area contributed by atoms with E-state index in [1.807, 2.05) is 69.3 Å². The second kappa shape index (κ2) is 11.6. The monoisotopic (exact) mass is 550 g/mol. The molecule has 0 aliphatic rings. The van der Waals surface area contributed by atoms with E-state index >= 15 is 0 Å². The predicted octanol–water partition coefficient (Wildman–Crippen LogP) is 5.48. The molecule has 0 saturated heterocycles. The third-order valence-electron chi connectivity index (χ3n) is 5.44. The maximum atomic E-state index is 13.2. The minimum atomic E-state index is -0.231. The van der Waals surface area contributed by atoms with Gasteiger partial charge in [-0.15, -0.1) is 5.10 Å². The molecule has 1 amide bonds. The summed E-state index contributed by atoms with van der Waals surface area (Å²) in [5.74, 6) is 0.221. The summed E-state index contributed by atoms with van der Waals surface area (Å²) in [6.07, 6.45) is 1.72. The van der Waals surface area contributed by atoms with E-state index in [1.54, 1.807) is 4.68 Å². The average molecular weight is 552 g/mol. The van der Waals surface area contributed by atoms with Gasteiger partial charge in [0.05, 0.1) is 11.4 Å². The molecule has 0 bridgehead atoms. The predicted molar refractivity (Wildman–Crippen MR) is 142 cm³/mol. The third-order valence-corrected chi connectivity index (χ3v) is 6.82. The summed E-state index contributed by atoms with van der Waals surface area (Å²) in [7, 11) is 0. The summed E-state index contributed by atoms with van der Waals surface area (Å²) >= 11 is 4.93. The van der Waals surface area contributed by atoms with Crippen molar-refractivity contribution in [3.05, 3.63) is 93.5 Å². The van der Waals surface area contributed by atoms with Gasteiger partial charge in [-0.2, -0.15) is 0 Å². The molecule has 0 aliphatic heterocycles. The zero-order valence-corrected chi connectivity index (χ0v) is 22.3. The number of nitrogens with one attached hydrogen (secondary N) is 1. The minimum absolute atomic E-state index is 0.0104. The van der Waals surface area contributed by atoms with Gasteiger partial charge < -0.3 is 5.32 Å². The molecule has 0 fully saturated rings. The molecule has 0 spiro atoms. The number of carbonyl (C=O) groups excluding carboxylic acids is 1. The first-order valence-corrected chi connectivity index (χ1v) is 13.2. The van der Waals surface area contributed by atoms with Gasteiger partial charge in [0.1, 0.15) is 0 Å². The van der Waals surface area contributed by atoms with Crippen LogP contribution < -0.4 is 5.32 Å². The minimum Gasteiger partial charge on any atom is -0.348 e. The molecule has 0 saturated carbocycles. The number of hydrogen-bond acceptors (Lipinski definition) is 6. The Morgan fingerprint density at radius 2 is 1.74 bits per heavy atom. The molecule has 4 aromatic rings. The van der Waals surface area contributed by atoms with E-state index in [1.165, 1.54) is 17.3 Å². The van der Waals surface area contributed by atoms with Crippen LogP contribution in [0.3, 0.4) is 0 Å². The van der Waals surface area contributed by atoms with Crippen molar-refractivity contribution in [2.45, 2.75) is 50.6 Å². The highest BCUT2D eigenvalue weighted by molar-refractivity contribution is 9.10. The summed E-state index contributed by atoms with van der Waals surface area (Å²) in [4.78, 5) is 22.3. The van der Waals surface area contributed by atoms with Crippen molar-refractivity contribution < 1.29 is 4.79 Å². The van der Waals surface area contributed by atoms with Crippen LogP contribution in [0.4, 0.5) is 0 Å². The number of thioether (sulfide) groups is 1. The van der Waals surface area contributed by atoms with Gasteiger partial charge in [-0.1, -0.05) is 63.2 Å². The van der Waals surface area contributed by atoms with Crippen LogP contribution in [-0.4, -0.2) is 36.9 Å². The van der Waals surface area contributed by atoms with Crippen LogP contribution in [-0.2, 0) is 12.2 Å². The molecule has 0 radical (unpaired) electrons. The number of amides is 1. The maximum absolute atomic E-state index is 13.2. The van der Waals surface area contributed by atoms with Gasteiger partial charge in [-0.3, -0.25) is 4.79 Å². The van der Waals surface area contributed by atoms with Gasteiger partial charge in [-0.05, 0) is 69.5 Å². The molecule has 2 heterocycles. The normalized spacial score (nSPS) is 11.9. The van der Waals surface area contributed by atoms with Crippen molar-refractivity contribution in [2.24, 2.45) is 0 Å². The Labute approximate surface area is 217 Å². The number of halogens is 1. The lowest BCUT2D eigenvalue weighted by Gasteiger charge is -2.14. The molecule has 1 unspecified atom stereocenters. The van der Waals surface area contributed by atoms with Crippen LogP contribution in [0.15, 0.2) is 70.3 Å². The van der Waals surface area contributed by atoms with Gasteiger partial charge in [0.2, 0.25) is 0 Å². The first-order valence-electron chi connectivity index (χ1n) is 11.4. The Bertz CT molecular complexity index is 1270. The maximum Gasteiger partial charge on any atom is 0.274 e. The van der Waals surface area contributed by atoms with E-state index in [-0.39, 0.29) is 11.9 Å². The first-order chi connectivity index (χ1) is 16.9. The quantitative estimate of drug-likeness (QED) is 0.219. The Morgan fingerprint density at radius 3 is 2.43 bits per heavy atom. The molecule has 35 heavy (non-hydrogen) atoms. The van der Waals surface area contributed by atoms with Crippen LogP contribution in [0, 0.1) is 13.8 Å². The highest BCUT2D eigenvalue weighted by Crippen LogP contribution is 2.24. The van der Waals surface area contributed by atoms with Crippen LogP contribution >= 0.6 is 27.7 Å². The molecule has 2 aromatic heterocycles. The molecular weight excluding hydrogens is 524 g/mol. The summed E-state index contributed by atoms with van der Waals surface area (Å²) in [5.41, 5.74) is 4.91. The standard InChI is InChI=1S/C26H27BrN6OS/c1-17(9-10-20-7-5-4-6-8-20)28-25(34)24-23(16-35-26-29-18(2)15-19(3)30-26)33(32-31-24)22-13-11-21(27)12-14-22/h4-8,11-15,17H,9-10,16H2,1-3H3,(H,28,34). The van der Waals surface area contributed by atoms with Crippen LogP contribution in [0.25, 0.3) is 5.69 Å². The zero-order valence-electron chi connectivity index (χ0n) is 19.9. The number of aryl methyl sites for hydroxylation is 3. The number of benzene rings is 2. The van der Waals surface area contributed by atoms with E-state index < -0.39 is 0 Å². The molecule has 1 atom stereocenters. The Kier molecular flexibility index (Phi) is 8.30. The van der Waals surface area contributed by atoms with E-state index in [2.05, 4.69) is 53.7 Å². The molecule has 4 rings (SSSR count). The highest BCUT2D eigenvalue weighted by atomic mass is 79.9. The van der Waals surface area contributed by atoms with Crippen LogP contribution in [0.2, 0.25) is 0 Å². The number of aromatic nitrogens is 5. The smallest absolute Gasteiger partial charge is 0.274 e. The zero-order chi connectivity index (χ0) is 24.8.